The highest BCUT2D eigenvalue weighted by Crippen LogP contribution is 2.45. The van der Waals surface area contributed by atoms with Crippen LogP contribution in [0.4, 0.5) is 0 Å². The topological polar surface area (TPSA) is 130 Å². The van der Waals surface area contributed by atoms with Crippen molar-refractivity contribution in [2.75, 3.05) is 53.5 Å². The first-order valence-electron chi connectivity index (χ1n) is 14.2. The number of aromatic nitrogens is 1. The van der Waals surface area contributed by atoms with Gasteiger partial charge in [0.15, 0.2) is 5.03 Å². The van der Waals surface area contributed by atoms with Gasteiger partial charge in [-0.25, -0.2) is 20.8 Å². The van der Waals surface area contributed by atoms with Crippen molar-refractivity contribution in [2.24, 2.45) is 0 Å². The Balaban J connectivity index is 1.45. The summed E-state index contributed by atoms with van der Waals surface area (Å²) in [6, 6.07) is 13.3. The third-order valence-electron chi connectivity index (χ3n) is 9.42. The number of methoxy groups -OCH3 is 1. The van der Waals surface area contributed by atoms with E-state index in [-0.39, 0.29) is 29.5 Å². The number of likely N-dealkylation sites (N-methyl/N-ethyl adjacent to an activating group) is 1. The Bertz CT molecular complexity index is 1860. The fourth-order valence-corrected chi connectivity index (χ4v) is 10.7. The first kappa shape index (κ1) is 31.0. The highest BCUT2D eigenvalue weighted by Gasteiger charge is 2.63. The van der Waals surface area contributed by atoms with E-state index in [0.717, 1.165) is 8.28 Å². The smallest absolute Gasteiger partial charge is 0.269 e. The quantitative estimate of drug-likeness (QED) is 0.392. The van der Waals surface area contributed by atoms with Crippen molar-refractivity contribution in [2.45, 2.75) is 40.9 Å². The highest BCUT2D eigenvalue weighted by atomic mass is 35.5. The van der Waals surface area contributed by atoms with Gasteiger partial charge in [-0.1, -0.05) is 29.8 Å². The second kappa shape index (κ2) is 10.8. The van der Waals surface area contributed by atoms with E-state index in [9.17, 15) is 26.4 Å². The number of sulfonamides is 1. The molecule has 0 bridgehead atoms. The summed E-state index contributed by atoms with van der Waals surface area (Å²) >= 11 is 6.21. The zero-order valence-corrected chi connectivity index (χ0v) is 27.0. The average Bonchev–Trinajstić information content (AvgIpc) is 3.49. The van der Waals surface area contributed by atoms with E-state index < -0.39 is 48.7 Å². The lowest BCUT2D eigenvalue weighted by molar-refractivity contribution is -0.152. The molecule has 15 heteroatoms. The number of halogens is 1. The van der Waals surface area contributed by atoms with Crippen LogP contribution in [0.3, 0.4) is 0 Å². The van der Waals surface area contributed by atoms with Crippen LogP contribution >= 0.6 is 11.6 Å². The minimum Gasteiger partial charge on any atom is -0.381 e. The number of fused-ring (bicyclic) bond motifs is 2. The number of likely N-dealkylation sites (tertiary alicyclic amines) is 1. The molecule has 0 N–H and O–H groups in total. The zero-order valence-electron chi connectivity index (χ0n) is 24.6. The van der Waals surface area contributed by atoms with Crippen LogP contribution in [0, 0.1) is 0 Å². The van der Waals surface area contributed by atoms with Crippen LogP contribution in [0.5, 0.6) is 0 Å². The number of nitrogens with zero attached hydrogens (tertiary/aromatic N) is 5. The summed E-state index contributed by atoms with van der Waals surface area (Å²) in [5.41, 5.74) is -1.49. The Morgan fingerprint density at radius 3 is 2.30 bits per heavy atom. The molecule has 0 aliphatic carbocycles. The second-order valence-electron chi connectivity index (χ2n) is 11.7. The molecule has 12 nitrogen and oxygen atoms in total. The zero-order chi connectivity index (χ0) is 31.7. The van der Waals surface area contributed by atoms with E-state index in [1.165, 1.54) is 50.4 Å². The summed E-state index contributed by atoms with van der Waals surface area (Å²) in [4.78, 5) is 31.3. The fourth-order valence-electron chi connectivity index (χ4n) is 7.00. The van der Waals surface area contributed by atoms with E-state index in [1.807, 2.05) is 11.9 Å². The van der Waals surface area contributed by atoms with Gasteiger partial charge in [-0.05, 0) is 56.3 Å². The van der Waals surface area contributed by atoms with Crippen molar-refractivity contribution in [1.29, 1.82) is 0 Å². The molecule has 1 aromatic heterocycles. The van der Waals surface area contributed by atoms with Gasteiger partial charge in [-0.3, -0.25) is 14.5 Å². The Kier molecular flexibility index (Phi) is 7.61. The van der Waals surface area contributed by atoms with Gasteiger partial charge in [-0.15, -0.1) is 0 Å². The van der Waals surface area contributed by atoms with Crippen LogP contribution < -0.4 is 0 Å². The van der Waals surface area contributed by atoms with Crippen LogP contribution in [-0.2, 0) is 34.4 Å². The van der Waals surface area contributed by atoms with Crippen molar-refractivity contribution < 1.29 is 31.2 Å². The van der Waals surface area contributed by atoms with E-state index in [0.29, 0.717) is 42.9 Å². The number of ether oxygens (including phenoxy) is 1. The molecule has 6 rings (SSSR count). The molecule has 0 saturated carbocycles. The standard InChI is InChI=1S/C29H34ClN5O7S2/c1-21(36)32-13-11-28(12-14-32)18-34-26(37)17-33(19-29(34,20-42-3)31(28)2)44(40,41)27-16-22-15-23(30)9-10-25(22)35(27)43(38,39)24-7-5-4-6-8-24/h4-10,15-16H,11-14,17-20H2,1-3H3. The van der Waals surface area contributed by atoms with Crippen LogP contribution in [0.25, 0.3) is 10.9 Å². The first-order chi connectivity index (χ1) is 20.8. The lowest BCUT2D eigenvalue weighted by Crippen LogP contribution is -2.70. The number of piperidine rings is 1. The Morgan fingerprint density at radius 2 is 1.66 bits per heavy atom. The van der Waals surface area contributed by atoms with Gasteiger partial charge in [-0.2, -0.15) is 4.31 Å². The van der Waals surface area contributed by atoms with Crippen molar-refractivity contribution in [3.8, 4) is 0 Å². The lowest BCUT2D eigenvalue weighted by Gasteiger charge is -2.50. The van der Waals surface area contributed by atoms with Crippen molar-refractivity contribution in [3.63, 3.8) is 0 Å². The maximum atomic E-state index is 14.5. The van der Waals surface area contributed by atoms with Gasteiger partial charge in [0.25, 0.3) is 20.0 Å². The molecule has 3 aliphatic rings. The summed E-state index contributed by atoms with van der Waals surface area (Å²) in [7, 11) is -5.60. The number of carbonyl (C=O) groups is 2. The number of piperazine rings is 1. The Morgan fingerprint density at radius 1 is 0.977 bits per heavy atom. The molecule has 3 aliphatic heterocycles. The van der Waals surface area contributed by atoms with Crippen LogP contribution in [-0.4, -0.2) is 116 Å². The molecule has 3 fully saturated rings. The molecule has 1 atom stereocenters. The van der Waals surface area contributed by atoms with Gasteiger partial charge in [0.2, 0.25) is 11.8 Å². The molecular formula is C29H34ClN5O7S2. The van der Waals surface area contributed by atoms with Crippen LogP contribution in [0.1, 0.15) is 19.8 Å². The molecule has 3 aromatic rings. The molecule has 1 unspecified atom stereocenters. The monoisotopic (exact) mass is 663 g/mol. The number of amides is 2. The van der Waals surface area contributed by atoms with Gasteiger partial charge < -0.3 is 14.5 Å². The average molecular weight is 664 g/mol. The summed E-state index contributed by atoms with van der Waals surface area (Å²) < 4.78 is 64.6. The van der Waals surface area contributed by atoms with Crippen molar-refractivity contribution >= 4 is 54.4 Å². The Labute approximate surface area is 261 Å². The first-order valence-corrected chi connectivity index (χ1v) is 17.4. The minimum absolute atomic E-state index is 0.0136. The molecular weight excluding hydrogens is 630 g/mol. The number of hydrogen-bond acceptors (Lipinski definition) is 8. The molecule has 0 radical (unpaired) electrons. The van der Waals surface area contributed by atoms with Crippen molar-refractivity contribution in [3.05, 3.63) is 59.6 Å². The normalized spacial score (nSPS) is 23.0. The third-order valence-corrected chi connectivity index (χ3v) is 13.3. The summed E-state index contributed by atoms with van der Waals surface area (Å²) in [5, 5.41) is 0.145. The molecule has 3 saturated heterocycles. The second-order valence-corrected chi connectivity index (χ2v) is 15.8. The predicted molar refractivity (Wildman–Crippen MR) is 163 cm³/mol. The molecule has 1 spiro atoms. The highest BCUT2D eigenvalue weighted by molar-refractivity contribution is 7.92. The fraction of sp³-hybridized carbons (Fsp3) is 0.448. The summed E-state index contributed by atoms with van der Waals surface area (Å²) in [6.45, 7) is 2.36. The molecule has 44 heavy (non-hydrogen) atoms. The maximum Gasteiger partial charge on any atom is 0.269 e. The molecule has 2 amide bonds. The molecule has 4 heterocycles. The molecule has 2 aromatic carbocycles. The van der Waals surface area contributed by atoms with Gasteiger partial charge >= 0.3 is 0 Å². The number of carbonyl (C=O) groups excluding carboxylic acids is 2. The lowest BCUT2D eigenvalue weighted by atomic mass is 9.86. The van der Waals surface area contributed by atoms with Gasteiger partial charge in [0.05, 0.1) is 30.1 Å². The van der Waals surface area contributed by atoms with E-state index in [2.05, 4.69) is 0 Å². The van der Waals surface area contributed by atoms with Crippen LogP contribution in [0.15, 0.2) is 64.5 Å². The van der Waals surface area contributed by atoms with E-state index in [4.69, 9.17) is 16.3 Å². The maximum absolute atomic E-state index is 14.5. The predicted octanol–water partition coefficient (Wildman–Crippen LogP) is 2.03. The Hall–Kier alpha value is -3.01. The van der Waals surface area contributed by atoms with E-state index in [1.54, 1.807) is 28.0 Å². The summed E-state index contributed by atoms with van der Waals surface area (Å²) in [5.74, 6) is -0.425. The molecule has 236 valence electrons. The number of rotatable bonds is 6. The van der Waals surface area contributed by atoms with Gasteiger partial charge in [0, 0.05) is 49.6 Å². The third kappa shape index (κ3) is 4.65. The number of hydrogen-bond donors (Lipinski definition) is 0. The number of benzene rings is 2. The summed E-state index contributed by atoms with van der Waals surface area (Å²) in [6.07, 6.45) is 1.21. The van der Waals surface area contributed by atoms with E-state index >= 15 is 0 Å². The SMILES string of the molecule is COCC12CN(S(=O)(=O)c3cc4cc(Cl)ccc4n3S(=O)(=O)c3ccccc3)CC(=O)N1CC1(CCN(C(C)=O)CC1)N2C. The minimum atomic E-state index is -4.58. The van der Waals surface area contributed by atoms with Gasteiger partial charge in [0.1, 0.15) is 5.66 Å². The van der Waals surface area contributed by atoms with Crippen molar-refractivity contribution in [1.82, 2.24) is 23.0 Å². The van der Waals surface area contributed by atoms with Crippen LogP contribution in [0.2, 0.25) is 5.02 Å². The largest absolute Gasteiger partial charge is 0.381 e.